The monoisotopic (exact) mass is 249 g/mol. The number of rotatable bonds is 5. The maximum Gasteiger partial charge on any atom is 0.198 e. The maximum atomic E-state index is 13.4. The van der Waals surface area contributed by atoms with Crippen molar-refractivity contribution >= 4 is 16.8 Å². The average Bonchev–Trinajstić information content (AvgIpc) is 2.74. The van der Waals surface area contributed by atoms with Gasteiger partial charge in [0.1, 0.15) is 0 Å². The number of hydrogen-bond donors (Lipinski definition) is 1. The van der Waals surface area contributed by atoms with Crippen LogP contribution in [-0.4, -0.2) is 11.8 Å². The van der Waals surface area contributed by atoms with E-state index < -0.39 is 5.82 Å². The van der Waals surface area contributed by atoms with Crippen LogP contribution in [0.25, 0.3) is 11.0 Å². The van der Waals surface area contributed by atoms with Crippen molar-refractivity contribution in [3.8, 4) is 0 Å². The molecule has 2 aromatic rings. The van der Waals surface area contributed by atoms with E-state index in [1.807, 2.05) is 6.92 Å². The van der Waals surface area contributed by atoms with Gasteiger partial charge in [-0.05, 0) is 31.9 Å². The fourth-order valence-corrected chi connectivity index (χ4v) is 1.87. The Morgan fingerprint density at radius 3 is 2.94 bits per heavy atom. The Balaban J connectivity index is 2.11. The van der Waals surface area contributed by atoms with Gasteiger partial charge in [-0.3, -0.25) is 4.79 Å². The van der Waals surface area contributed by atoms with E-state index >= 15 is 0 Å². The second kappa shape index (κ2) is 5.31. The molecule has 2 N–H and O–H groups in total. The number of carbonyl (C=O) groups is 1. The number of ketones is 1. The smallest absolute Gasteiger partial charge is 0.198 e. The molecule has 4 heteroatoms. The summed E-state index contributed by atoms with van der Waals surface area (Å²) in [7, 11) is 0. The molecule has 0 aliphatic rings. The summed E-state index contributed by atoms with van der Waals surface area (Å²) in [5.74, 6) is -0.326. The van der Waals surface area contributed by atoms with E-state index in [0.29, 0.717) is 11.8 Å². The number of Topliss-reactive ketones (excluding diaryl/α,β-unsaturated/α-hetero) is 1. The van der Waals surface area contributed by atoms with E-state index in [9.17, 15) is 9.18 Å². The molecular formula is C14H16FNO2. The van der Waals surface area contributed by atoms with Crippen LogP contribution in [0.5, 0.6) is 0 Å². The molecule has 1 aromatic carbocycles. The lowest BCUT2D eigenvalue weighted by Crippen LogP contribution is -2.14. The van der Waals surface area contributed by atoms with Gasteiger partial charge < -0.3 is 10.2 Å². The Morgan fingerprint density at radius 1 is 1.50 bits per heavy atom. The molecule has 1 unspecified atom stereocenters. The first-order valence-electron chi connectivity index (χ1n) is 6.05. The van der Waals surface area contributed by atoms with Crippen LogP contribution in [0.3, 0.4) is 0 Å². The van der Waals surface area contributed by atoms with Crippen LogP contribution in [0, 0.1) is 5.82 Å². The molecule has 1 heterocycles. The normalized spacial score (nSPS) is 12.8. The Labute approximate surface area is 105 Å². The maximum absolute atomic E-state index is 13.4. The molecule has 18 heavy (non-hydrogen) atoms. The lowest BCUT2D eigenvalue weighted by Gasteiger charge is -2.02. The van der Waals surface area contributed by atoms with E-state index in [1.165, 1.54) is 6.07 Å². The lowest BCUT2D eigenvalue weighted by molar-refractivity contribution is 0.0954. The molecule has 0 saturated carbocycles. The SMILES string of the molecule is CC(N)CCCC(=O)c1cc2cccc(F)c2o1. The molecule has 0 saturated heterocycles. The third-order valence-electron chi connectivity index (χ3n) is 2.83. The summed E-state index contributed by atoms with van der Waals surface area (Å²) in [6, 6.07) is 6.31. The summed E-state index contributed by atoms with van der Waals surface area (Å²) in [4.78, 5) is 11.9. The molecule has 0 bridgehead atoms. The highest BCUT2D eigenvalue weighted by Gasteiger charge is 2.14. The van der Waals surface area contributed by atoms with Gasteiger partial charge in [0.25, 0.3) is 0 Å². The average molecular weight is 249 g/mol. The zero-order valence-corrected chi connectivity index (χ0v) is 10.3. The van der Waals surface area contributed by atoms with Crippen molar-refractivity contribution in [2.45, 2.75) is 32.2 Å². The number of halogens is 1. The Kier molecular flexibility index (Phi) is 3.77. The second-order valence-electron chi connectivity index (χ2n) is 4.56. The predicted molar refractivity (Wildman–Crippen MR) is 68.0 cm³/mol. The molecular weight excluding hydrogens is 233 g/mol. The first-order valence-corrected chi connectivity index (χ1v) is 6.05. The van der Waals surface area contributed by atoms with Crippen LogP contribution < -0.4 is 5.73 Å². The Bertz CT molecular complexity index is 560. The third kappa shape index (κ3) is 2.76. The van der Waals surface area contributed by atoms with Crippen molar-refractivity contribution in [1.82, 2.24) is 0 Å². The van der Waals surface area contributed by atoms with E-state index in [-0.39, 0.29) is 23.2 Å². The van der Waals surface area contributed by atoms with E-state index in [4.69, 9.17) is 10.2 Å². The first kappa shape index (κ1) is 12.8. The Morgan fingerprint density at radius 2 is 2.28 bits per heavy atom. The zero-order valence-electron chi connectivity index (χ0n) is 10.3. The van der Waals surface area contributed by atoms with E-state index in [1.54, 1.807) is 18.2 Å². The van der Waals surface area contributed by atoms with Crippen molar-refractivity contribution in [2.24, 2.45) is 5.73 Å². The van der Waals surface area contributed by atoms with Gasteiger partial charge in [0.2, 0.25) is 0 Å². The van der Waals surface area contributed by atoms with Gasteiger partial charge in [-0.2, -0.15) is 0 Å². The zero-order chi connectivity index (χ0) is 13.1. The number of carbonyl (C=O) groups excluding carboxylic acids is 1. The number of benzene rings is 1. The van der Waals surface area contributed by atoms with Crippen molar-refractivity contribution in [3.05, 3.63) is 35.8 Å². The first-order chi connectivity index (χ1) is 8.58. The largest absolute Gasteiger partial charge is 0.450 e. The topological polar surface area (TPSA) is 56.2 Å². The van der Waals surface area contributed by atoms with Crippen molar-refractivity contribution in [2.75, 3.05) is 0 Å². The minimum Gasteiger partial charge on any atom is -0.450 e. The molecule has 0 aliphatic carbocycles. The van der Waals surface area contributed by atoms with Gasteiger partial charge in [0.15, 0.2) is 22.9 Å². The van der Waals surface area contributed by atoms with Gasteiger partial charge in [0.05, 0.1) is 0 Å². The highest BCUT2D eigenvalue weighted by Crippen LogP contribution is 2.23. The number of furan rings is 1. The highest BCUT2D eigenvalue weighted by atomic mass is 19.1. The van der Waals surface area contributed by atoms with E-state index in [2.05, 4.69) is 0 Å². The summed E-state index contributed by atoms with van der Waals surface area (Å²) >= 11 is 0. The van der Waals surface area contributed by atoms with Crippen LogP contribution in [0.4, 0.5) is 4.39 Å². The third-order valence-corrected chi connectivity index (χ3v) is 2.83. The fourth-order valence-electron chi connectivity index (χ4n) is 1.87. The van der Waals surface area contributed by atoms with Crippen molar-refractivity contribution < 1.29 is 13.6 Å². The van der Waals surface area contributed by atoms with Crippen LogP contribution in [0.1, 0.15) is 36.7 Å². The quantitative estimate of drug-likeness (QED) is 0.827. The molecule has 1 aromatic heterocycles. The van der Waals surface area contributed by atoms with Gasteiger partial charge >= 0.3 is 0 Å². The minimum atomic E-state index is -0.442. The molecule has 0 radical (unpaired) electrons. The number of fused-ring (bicyclic) bond motifs is 1. The molecule has 0 fully saturated rings. The number of para-hydroxylation sites is 1. The van der Waals surface area contributed by atoms with Crippen LogP contribution in [-0.2, 0) is 0 Å². The van der Waals surface area contributed by atoms with Crippen LogP contribution in [0.15, 0.2) is 28.7 Å². The molecule has 0 aliphatic heterocycles. The summed E-state index contributed by atoms with van der Waals surface area (Å²) in [5, 5.41) is 0.616. The molecule has 0 amide bonds. The molecule has 3 nitrogen and oxygen atoms in total. The molecule has 96 valence electrons. The number of nitrogens with two attached hydrogens (primary N) is 1. The van der Waals surface area contributed by atoms with Crippen LogP contribution >= 0.6 is 0 Å². The summed E-state index contributed by atoms with van der Waals surface area (Å²) in [5.41, 5.74) is 5.76. The minimum absolute atomic E-state index is 0.0888. The van der Waals surface area contributed by atoms with Crippen molar-refractivity contribution in [1.29, 1.82) is 0 Å². The van der Waals surface area contributed by atoms with Crippen LogP contribution in [0.2, 0.25) is 0 Å². The van der Waals surface area contributed by atoms with Crippen molar-refractivity contribution in [3.63, 3.8) is 0 Å². The second-order valence-corrected chi connectivity index (χ2v) is 4.56. The highest BCUT2D eigenvalue weighted by molar-refractivity contribution is 5.97. The summed E-state index contributed by atoms with van der Waals surface area (Å²) in [6.45, 7) is 1.90. The summed E-state index contributed by atoms with van der Waals surface area (Å²) in [6.07, 6.45) is 1.89. The van der Waals surface area contributed by atoms with E-state index in [0.717, 1.165) is 12.8 Å². The summed E-state index contributed by atoms with van der Waals surface area (Å²) < 4.78 is 18.7. The van der Waals surface area contributed by atoms with Gasteiger partial charge in [-0.25, -0.2) is 4.39 Å². The Hall–Kier alpha value is -1.68. The van der Waals surface area contributed by atoms with Gasteiger partial charge in [-0.15, -0.1) is 0 Å². The predicted octanol–water partition coefficient (Wildman–Crippen LogP) is 3.27. The lowest BCUT2D eigenvalue weighted by atomic mass is 10.1. The molecule has 1 atom stereocenters. The fraction of sp³-hybridized carbons (Fsp3) is 0.357. The molecule has 0 spiro atoms. The van der Waals surface area contributed by atoms with Gasteiger partial charge in [-0.1, -0.05) is 12.1 Å². The number of hydrogen-bond acceptors (Lipinski definition) is 3. The molecule has 2 rings (SSSR count). The standard InChI is InChI=1S/C14H16FNO2/c1-9(16)4-2-7-12(17)13-8-10-5-3-6-11(15)14(10)18-13/h3,5-6,8-9H,2,4,7,16H2,1H3. The van der Waals surface area contributed by atoms with Gasteiger partial charge in [0, 0.05) is 17.8 Å².